The summed E-state index contributed by atoms with van der Waals surface area (Å²) in [6.45, 7) is 2.47. The van der Waals surface area contributed by atoms with Gasteiger partial charge >= 0.3 is 6.09 Å². The van der Waals surface area contributed by atoms with E-state index >= 15 is 0 Å². The molecule has 1 heterocycles. The Kier molecular flexibility index (Phi) is 6.05. The third-order valence-electron chi connectivity index (χ3n) is 6.13. The van der Waals surface area contributed by atoms with Crippen LogP contribution in [0.15, 0.2) is 78.9 Å². The SMILES string of the molecule is CC(c1ccc(-c2ccc(F)cc2)cc1)N1CCC(CCO)(c2ccccc2)OC1=O. The van der Waals surface area contributed by atoms with Gasteiger partial charge in [0.2, 0.25) is 0 Å². The van der Waals surface area contributed by atoms with Crippen molar-refractivity contribution in [3.8, 4) is 11.1 Å². The van der Waals surface area contributed by atoms with E-state index in [2.05, 4.69) is 0 Å². The number of hydrogen-bond acceptors (Lipinski definition) is 3. The van der Waals surface area contributed by atoms with Crippen LogP contribution >= 0.6 is 0 Å². The van der Waals surface area contributed by atoms with Crippen LogP contribution in [0.25, 0.3) is 11.1 Å². The first kappa shape index (κ1) is 21.1. The molecule has 31 heavy (non-hydrogen) atoms. The fourth-order valence-electron chi connectivity index (χ4n) is 4.24. The molecule has 1 aliphatic heterocycles. The largest absolute Gasteiger partial charge is 0.438 e. The number of nitrogens with zero attached hydrogens (tertiary/aromatic N) is 1. The first-order valence-electron chi connectivity index (χ1n) is 10.5. The van der Waals surface area contributed by atoms with Gasteiger partial charge in [0.15, 0.2) is 0 Å². The van der Waals surface area contributed by atoms with E-state index in [4.69, 9.17) is 4.74 Å². The lowest BCUT2D eigenvalue weighted by atomic mass is 9.85. The third kappa shape index (κ3) is 4.32. The molecule has 0 aliphatic carbocycles. The Balaban J connectivity index is 1.50. The topological polar surface area (TPSA) is 49.8 Å². The maximum Gasteiger partial charge on any atom is 0.411 e. The first-order valence-corrected chi connectivity index (χ1v) is 10.5. The molecule has 4 rings (SSSR count). The average molecular weight is 419 g/mol. The van der Waals surface area contributed by atoms with Crippen LogP contribution in [0, 0.1) is 5.82 Å². The lowest BCUT2D eigenvalue weighted by Gasteiger charge is -2.43. The van der Waals surface area contributed by atoms with Crippen LogP contribution in [-0.2, 0) is 10.3 Å². The second-order valence-electron chi connectivity index (χ2n) is 7.95. The number of carbonyl (C=O) groups excluding carboxylic acids is 1. The van der Waals surface area contributed by atoms with Gasteiger partial charge in [-0.05, 0) is 41.3 Å². The molecule has 160 valence electrons. The fourth-order valence-corrected chi connectivity index (χ4v) is 4.24. The predicted octanol–water partition coefficient (Wildman–Crippen LogP) is 5.67. The van der Waals surface area contributed by atoms with Crippen LogP contribution in [0.3, 0.4) is 0 Å². The van der Waals surface area contributed by atoms with Crippen LogP contribution in [0.2, 0.25) is 0 Å². The number of hydrogen-bond donors (Lipinski definition) is 1. The lowest BCUT2D eigenvalue weighted by Crippen LogP contribution is -2.49. The molecule has 4 nitrogen and oxygen atoms in total. The van der Waals surface area contributed by atoms with Crippen molar-refractivity contribution in [1.82, 2.24) is 4.90 Å². The molecular formula is C26H26FNO3. The Morgan fingerprint density at radius 3 is 2.19 bits per heavy atom. The maximum absolute atomic E-state index is 13.2. The minimum atomic E-state index is -0.796. The van der Waals surface area contributed by atoms with E-state index in [1.165, 1.54) is 12.1 Å². The average Bonchev–Trinajstić information content (AvgIpc) is 2.80. The molecule has 0 saturated carbocycles. The smallest absolute Gasteiger partial charge is 0.411 e. The molecule has 3 aromatic carbocycles. The van der Waals surface area contributed by atoms with Crippen molar-refractivity contribution >= 4 is 6.09 Å². The summed E-state index contributed by atoms with van der Waals surface area (Å²) in [6.07, 6.45) is 0.609. The van der Waals surface area contributed by atoms with Crippen LogP contribution < -0.4 is 0 Å². The zero-order valence-corrected chi connectivity index (χ0v) is 17.5. The van der Waals surface area contributed by atoms with E-state index in [9.17, 15) is 14.3 Å². The summed E-state index contributed by atoms with van der Waals surface area (Å²) in [5.74, 6) is -0.259. The van der Waals surface area contributed by atoms with Gasteiger partial charge < -0.3 is 14.7 Å². The summed E-state index contributed by atoms with van der Waals surface area (Å²) in [5.41, 5.74) is 3.04. The van der Waals surface area contributed by atoms with E-state index in [0.29, 0.717) is 19.4 Å². The highest BCUT2D eigenvalue weighted by molar-refractivity contribution is 5.70. The Morgan fingerprint density at radius 1 is 1.00 bits per heavy atom. The molecule has 0 bridgehead atoms. The Morgan fingerprint density at radius 2 is 1.61 bits per heavy atom. The highest BCUT2D eigenvalue weighted by atomic mass is 19.1. The van der Waals surface area contributed by atoms with Gasteiger partial charge in [0, 0.05) is 26.0 Å². The second kappa shape index (κ2) is 8.90. The van der Waals surface area contributed by atoms with Gasteiger partial charge in [0.05, 0.1) is 6.04 Å². The Hall–Kier alpha value is -3.18. The highest BCUT2D eigenvalue weighted by Gasteiger charge is 2.43. The van der Waals surface area contributed by atoms with Crippen molar-refractivity contribution in [2.45, 2.75) is 31.4 Å². The van der Waals surface area contributed by atoms with Crippen molar-refractivity contribution in [2.75, 3.05) is 13.2 Å². The van der Waals surface area contributed by atoms with Crippen molar-refractivity contribution in [2.24, 2.45) is 0 Å². The summed E-state index contributed by atoms with van der Waals surface area (Å²) in [7, 11) is 0. The number of carbonyl (C=O) groups is 1. The summed E-state index contributed by atoms with van der Waals surface area (Å²) in [6, 6.07) is 23.8. The second-order valence-corrected chi connectivity index (χ2v) is 7.95. The molecular weight excluding hydrogens is 393 g/mol. The molecule has 1 aliphatic rings. The number of aliphatic hydroxyl groups is 1. The summed E-state index contributed by atoms with van der Waals surface area (Å²) in [4.78, 5) is 14.7. The Labute approximate surface area is 181 Å². The van der Waals surface area contributed by atoms with E-state index in [1.807, 2.05) is 61.5 Å². The number of halogens is 1. The molecule has 0 spiro atoms. The quantitative estimate of drug-likeness (QED) is 0.560. The minimum absolute atomic E-state index is 0.0530. The zero-order chi connectivity index (χ0) is 21.8. The van der Waals surface area contributed by atoms with E-state index < -0.39 is 5.60 Å². The molecule has 2 atom stereocenters. The van der Waals surface area contributed by atoms with Crippen molar-refractivity contribution in [3.05, 3.63) is 95.8 Å². The normalized spacial score (nSPS) is 19.7. The molecule has 0 radical (unpaired) electrons. The summed E-state index contributed by atoms with van der Waals surface area (Å²) in [5, 5.41) is 9.59. The van der Waals surface area contributed by atoms with Gasteiger partial charge in [0.1, 0.15) is 11.4 Å². The number of cyclic esters (lactones) is 1. The van der Waals surface area contributed by atoms with Gasteiger partial charge in [0.25, 0.3) is 0 Å². The number of ether oxygens (including phenoxy) is 1. The van der Waals surface area contributed by atoms with Gasteiger partial charge in [-0.25, -0.2) is 9.18 Å². The molecule has 1 fully saturated rings. The van der Waals surface area contributed by atoms with E-state index in [1.54, 1.807) is 17.0 Å². The van der Waals surface area contributed by atoms with Gasteiger partial charge in [-0.1, -0.05) is 66.7 Å². The predicted molar refractivity (Wildman–Crippen MR) is 118 cm³/mol. The molecule has 1 saturated heterocycles. The summed E-state index contributed by atoms with van der Waals surface area (Å²) < 4.78 is 19.1. The van der Waals surface area contributed by atoms with E-state index in [0.717, 1.165) is 22.3 Å². The molecule has 2 unspecified atom stereocenters. The number of benzene rings is 3. The maximum atomic E-state index is 13.2. The minimum Gasteiger partial charge on any atom is -0.438 e. The van der Waals surface area contributed by atoms with Crippen LogP contribution in [-0.4, -0.2) is 29.3 Å². The number of amides is 1. The third-order valence-corrected chi connectivity index (χ3v) is 6.13. The van der Waals surface area contributed by atoms with Crippen molar-refractivity contribution in [3.63, 3.8) is 0 Å². The molecule has 3 aromatic rings. The van der Waals surface area contributed by atoms with Crippen LogP contribution in [0.5, 0.6) is 0 Å². The number of rotatable bonds is 6. The highest BCUT2D eigenvalue weighted by Crippen LogP contribution is 2.39. The number of aliphatic hydroxyl groups excluding tert-OH is 1. The monoisotopic (exact) mass is 419 g/mol. The van der Waals surface area contributed by atoms with Crippen molar-refractivity contribution in [1.29, 1.82) is 0 Å². The Bertz CT molecular complexity index is 1020. The van der Waals surface area contributed by atoms with Crippen LogP contribution in [0.1, 0.15) is 36.9 Å². The van der Waals surface area contributed by atoms with Gasteiger partial charge in [-0.15, -0.1) is 0 Å². The molecule has 1 N–H and O–H groups in total. The molecule has 1 amide bonds. The fraction of sp³-hybridized carbons (Fsp3) is 0.269. The van der Waals surface area contributed by atoms with Crippen molar-refractivity contribution < 1.29 is 19.0 Å². The first-order chi connectivity index (χ1) is 15.0. The lowest BCUT2D eigenvalue weighted by molar-refractivity contribution is -0.0718. The van der Waals surface area contributed by atoms with Gasteiger partial charge in [-0.3, -0.25) is 0 Å². The molecule has 0 aromatic heterocycles. The standard InChI is InChI=1S/C26H26FNO3/c1-19(20-7-9-21(10-8-20)22-11-13-24(27)14-12-22)28-17-15-26(16-18-29,31-25(28)30)23-5-3-2-4-6-23/h2-14,19,29H,15-18H2,1H3. The zero-order valence-electron chi connectivity index (χ0n) is 17.5. The van der Waals surface area contributed by atoms with Gasteiger partial charge in [-0.2, -0.15) is 0 Å². The van der Waals surface area contributed by atoms with E-state index in [-0.39, 0.29) is 24.6 Å². The molecule has 5 heteroatoms. The summed E-state index contributed by atoms with van der Waals surface area (Å²) >= 11 is 0. The van der Waals surface area contributed by atoms with Crippen LogP contribution in [0.4, 0.5) is 9.18 Å².